The van der Waals surface area contributed by atoms with Crippen molar-refractivity contribution in [3.8, 4) is 0 Å². The van der Waals surface area contributed by atoms with E-state index in [1.807, 2.05) is 14.0 Å². The van der Waals surface area contributed by atoms with E-state index in [-0.39, 0.29) is 5.39 Å². The third kappa shape index (κ3) is 3.37. The molecule has 18 heavy (non-hydrogen) atoms. The first kappa shape index (κ1) is 14.3. The molecule has 2 N–H and O–H groups in total. The van der Waals surface area contributed by atoms with E-state index in [1.165, 1.54) is 6.07 Å². The van der Waals surface area contributed by atoms with Gasteiger partial charge in [-0.1, -0.05) is 19.9 Å². The maximum absolute atomic E-state index is 13.2. The quantitative estimate of drug-likeness (QED) is 0.856. The number of hydrogen-bond acceptors (Lipinski definition) is 3. The Balaban J connectivity index is 0.000000357. The van der Waals surface area contributed by atoms with Crippen molar-refractivity contribution in [1.29, 1.82) is 0 Å². The van der Waals surface area contributed by atoms with Gasteiger partial charge >= 0.3 is 0 Å². The minimum atomic E-state index is -0.529. The highest BCUT2D eigenvalue weighted by Gasteiger charge is 2.06. The average Bonchev–Trinajstić information content (AvgIpc) is 2.38. The number of halogens is 1. The number of aromatic nitrogens is 2. The van der Waals surface area contributed by atoms with Crippen LogP contribution in [-0.4, -0.2) is 23.6 Å². The van der Waals surface area contributed by atoms with Gasteiger partial charge in [-0.2, -0.15) is 0 Å². The van der Waals surface area contributed by atoms with E-state index in [9.17, 15) is 9.18 Å². The van der Waals surface area contributed by atoms with E-state index in [0.717, 1.165) is 6.54 Å². The maximum atomic E-state index is 13.2. The fraction of sp³-hybridized carbons (Fsp3) is 0.385. The average molecular weight is 251 g/mol. The highest BCUT2D eigenvalue weighted by Crippen LogP contribution is 2.10. The zero-order valence-electron chi connectivity index (χ0n) is 10.9. The van der Waals surface area contributed by atoms with Gasteiger partial charge in [0.15, 0.2) is 0 Å². The number of H-pyrrole nitrogens is 1. The Morgan fingerprint density at radius 1 is 1.39 bits per heavy atom. The summed E-state index contributed by atoms with van der Waals surface area (Å²) in [5.74, 6) is 0.0482. The minimum absolute atomic E-state index is 0.0321. The predicted octanol–water partition coefficient (Wildman–Crippen LogP) is 1.85. The van der Waals surface area contributed by atoms with Crippen molar-refractivity contribution in [2.45, 2.75) is 20.3 Å². The molecule has 1 heterocycles. The molecule has 0 aliphatic carbocycles. The summed E-state index contributed by atoms with van der Waals surface area (Å²) in [4.78, 5) is 18.1. The maximum Gasteiger partial charge on any atom is 0.261 e. The topological polar surface area (TPSA) is 57.8 Å². The van der Waals surface area contributed by atoms with Gasteiger partial charge in [-0.15, -0.1) is 0 Å². The summed E-state index contributed by atoms with van der Waals surface area (Å²) in [5, 5.41) is 2.96. The van der Waals surface area contributed by atoms with E-state index in [4.69, 9.17) is 0 Å². The number of fused-ring (bicyclic) bond motifs is 1. The summed E-state index contributed by atoms with van der Waals surface area (Å²) < 4.78 is 13.2. The summed E-state index contributed by atoms with van der Waals surface area (Å²) in [6, 6.07) is 4.43. The molecule has 0 saturated carbocycles. The van der Waals surface area contributed by atoms with Crippen LogP contribution in [0.1, 0.15) is 19.7 Å². The standard InChI is InChI=1S/C10H9FN2O.C3H9N/c1-2-8-12-7-5-3-4-6(11)9(7)10(14)13-8;1-3-4-2/h3-5H,2H2,1H3,(H,12,13,14);4H,3H2,1-2H3. The van der Waals surface area contributed by atoms with Crippen molar-refractivity contribution in [3.05, 3.63) is 40.2 Å². The molecule has 1 aromatic carbocycles. The van der Waals surface area contributed by atoms with Crippen LogP contribution in [0.5, 0.6) is 0 Å². The van der Waals surface area contributed by atoms with Gasteiger partial charge in [0.05, 0.1) is 5.52 Å². The van der Waals surface area contributed by atoms with Crippen molar-refractivity contribution in [2.24, 2.45) is 0 Å². The highest BCUT2D eigenvalue weighted by atomic mass is 19.1. The molecule has 4 nitrogen and oxygen atoms in total. The molecule has 0 saturated heterocycles. The zero-order chi connectivity index (χ0) is 13.5. The summed E-state index contributed by atoms with van der Waals surface area (Å²) in [5.41, 5.74) is -0.00412. The van der Waals surface area contributed by atoms with Gasteiger partial charge in [-0.05, 0) is 25.7 Å². The Hall–Kier alpha value is -1.75. The first-order valence-corrected chi connectivity index (χ1v) is 5.96. The van der Waals surface area contributed by atoms with Crippen molar-refractivity contribution in [1.82, 2.24) is 15.3 Å². The molecular formula is C13H18FN3O. The summed E-state index contributed by atoms with van der Waals surface area (Å²) in [7, 11) is 1.93. The number of aromatic amines is 1. The van der Waals surface area contributed by atoms with Crippen LogP contribution in [0.15, 0.2) is 23.0 Å². The number of nitrogens with one attached hydrogen (secondary N) is 2. The van der Waals surface area contributed by atoms with Gasteiger partial charge in [0.25, 0.3) is 5.56 Å². The van der Waals surface area contributed by atoms with Gasteiger partial charge in [0, 0.05) is 6.42 Å². The molecule has 2 rings (SSSR count). The van der Waals surface area contributed by atoms with E-state index in [1.54, 1.807) is 12.1 Å². The van der Waals surface area contributed by atoms with E-state index in [2.05, 4.69) is 22.2 Å². The summed E-state index contributed by atoms with van der Waals surface area (Å²) in [6.45, 7) is 5.02. The monoisotopic (exact) mass is 251 g/mol. The van der Waals surface area contributed by atoms with Crippen LogP contribution in [0.3, 0.4) is 0 Å². The van der Waals surface area contributed by atoms with Gasteiger partial charge in [0.2, 0.25) is 0 Å². The molecule has 2 aromatic rings. The highest BCUT2D eigenvalue weighted by molar-refractivity contribution is 5.77. The molecule has 0 aliphatic heterocycles. The molecule has 1 aromatic heterocycles. The van der Waals surface area contributed by atoms with Crippen LogP contribution in [0.25, 0.3) is 10.9 Å². The van der Waals surface area contributed by atoms with Crippen LogP contribution < -0.4 is 10.9 Å². The van der Waals surface area contributed by atoms with Crippen LogP contribution in [0.4, 0.5) is 4.39 Å². The second-order valence-corrected chi connectivity index (χ2v) is 3.71. The van der Waals surface area contributed by atoms with Crippen LogP contribution in [0.2, 0.25) is 0 Å². The van der Waals surface area contributed by atoms with Crippen LogP contribution >= 0.6 is 0 Å². The van der Waals surface area contributed by atoms with Gasteiger partial charge in [-0.3, -0.25) is 4.79 Å². The Bertz CT molecular complexity index is 564. The van der Waals surface area contributed by atoms with Gasteiger partial charge < -0.3 is 10.3 Å². The molecule has 0 unspecified atom stereocenters. The van der Waals surface area contributed by atoms with E-state index >= 15 is 0 Å². The number of nitrogens with zero attached hydrogens (tertiary/aromatic N) is 1. The number of aryl methyl sites for hydroxylation is 1. The molecule has 0 amide bonds. The Kier molecular flexibility index (Phi) is 5.45. The summed E-state index contributed by atoms with van der Waals surface area (Å²) in [6.07, 6.45) is 0.627. The molecule has 98 valence electrons. The number of hydrogen-bond donors (Lipinski definition) is 2. The Morgan fingerprint density at radius 3 is 2.61 bits per heavy atom. The lowest BCUT2D eigenvalue weighted by molar-refractivity contribution is 0.638. The minimum Gasteiger partial charge on any atom is -0.320 e. The Labute approximate surface area is 105 Å². The van der Waals surface area contributed by atoms with Gasteiger partial charge in [-0.25, -0.2) is 9.37 Å². The molecule has 0 spiro atoms. The molecule has 0 atom stereocenters. The first-order valence-electron chi connectivity index (χ1n) is 5.96. The fourth-order valence-electron chi connectivity index (χ4n) is 1.37. The van der Waals surface area contributed by atoms with Gasteiger partial charge in [0.1, 0.15) is 17.0 Å². The fourth-order valence-corrected chi connectivity index (χ4v) is 1.37. The second-order valence-electron chi connectivity index (χ2n) is 3.71. The molecule has 0 radical (unpaired) electrons. The molecule has 0 fully saturated rings. The lowest BCUT2D eigenvalue weighted by Crippen LogP contribution is -2.12. The first-order chi connectivity index (χ1) is 8.63. The third-order valence-corrected chi connectivity index (χ3v) is 2.42. The lowest BCUT2D eigenvalue weighted by atomic mass is 10.2. The van der Waals surface area contributed by atoms with E-state index < -0.39 is 11.4 Å². The predicted molar refractivity (Wildman–Crippen MR) is 71.3 cm³/mol. The smallest absolute Gasteiger partial charge is 0.261 e. The van der Waals surface area contributed by atoms with Crippen LogP contribution in [0, 0.1) is 5.82 Å². The second kappa shape index (κ2) is 6.86. The van der Waals surface area contributed by atoms with Crippen molar-refractivity contribution in [2.75, 3.05) is 13.6 Å². The Morgan fingerprint density at radius 2 is 2.06 bits per heavy atom. The SMILES string of the molecule is CCNC.CCc1nc2cccc(F)c2c(=O)[nH]1. The molecule has 0 bridgehead atoms. The zero-order valence-corrected chi connectivity index (χ0v) is 10.9. The lowest BCUT2D eigenvalue weighted by Gasteiger charge is -2.00. The van der Waals surface area contributed by atoms with Crippen molar-refractivity contribution < 1.29 is 4.39 Å². The molecular weight excluding hydrogens is 233 g/mol. The summed E-state index contributed by atoms with van der Waals surface area (Å²) >= 11 is 0. The normalized spacial score (nSPS) is 10.0. The molecule has 0 aliphatic rings. The molecule has 5 heteroatoms. The van der Waals surface area contributed by atoms with Crippen LogP contribution in [-0.2, 0) is 6.42 Å². The largest absolute Gasteiger partial charge is 0.320 e. The van der Waals surface area contributed by atoms with E-state index in [0.29, 0.717) is 17.8 Å². The van der Waals surface area contributed by atoms with Crippen molar-refractivity contribution >= 4 is 10.9 Å². The number of rotatable bonds is 2. The number of benzene rings is 1. The van der Waals surface area contributed by atoms with Crippen molar-refractivity contribution in [3.63, 3.8) is 0 Å². The third-order valence-electron chi connectivity index (χ3n) is 2.42.